The van der Waals surface area contributed by atoms with E-state index in [0.717, 1.165) is 0 Å². The van der Waals surface area contributed by atoms with Crippen molar-refractivity contribution in [3.05, 3.63) is 72.6 Å². The fourth-order valence-electron chi connectivity index (χ4n) is 3.02. The van der Waals surface area contributed by atoms with E-state index in [2.05, 4.69) is 22.1 Å². The number of nitrogens with zero attached hydrogens (tertiary/aromatic N) is 3. The maximum Gasteiger partial charge on any atom is 0.335 e. The van der Waals surface area contributed by atoms with Gasteiger partial charge in [0.15, 0.2) is 28.6 Å². The van der Waals surface area contributed by atoms with Gasteiger partial charge in [-0.15, -0.1) is 16.8 Å². The van der Waals surface area contributed by atoms with Crippen molar-refractivity contribution >= 4 is 29.3 Å². The summed E-state index contributed by atoms with van der Waals surface area (Å²) in [5.74, 6) is 0.479. The van der Waals surface area contributed by atoms with Crippen LogP contribution in [-0.2, 0) is 11.3 Å². The van der Waals surface area contributed by atoms with Crippen LogP contribution < -0.4 is 14.8 Å². The molecule has 1 aromatic heterocycles. The molecule has 0 aliphatic carbocycles. The molecule has 0 bridgehead atoms. The number of aromatic nitrogens is 3. The number of thioether (sulfide) groups is 1. The predicted molar refractivity (Wildman–Crippen MR) is 125 cm³/mol. The fourth-order valence-corrected chi connectivity index (χ4v) is 3.78. The van der Waals surface area contributed by atoms with Gasteiger partial charge in [-0.2, -0.15) is 0 Å². The van der Waals surface area contributed by atoms with Crippen molar-refractivity contribution in [3.8, 4) is 11.5 Å². The molecule has 0 radical (unpaired) electrons. The number of aromatic carboxylic acids is 1. The summed E-state index contributed by atoms with van der Waals surface area (Å²) in [4.78, 5) is 23.5. The molecule has 3 aromatic rings. The minimum atomic E-state index is -1.06. The summed E-state index contributed by atoms with van der Waals surface area (Å²) in [6, 6.07) is 13.4. The smallest absolute Gasteiger partial charge is 0.335 e. The Hall–Kier alpha value is -3.79. The van der Waals surface area contributed by atoms with Crippen LogP contribution in [0.1, 0.15) is 29.2 Å². The van der Waals surface area contributed by atoms with E-state index >= 15 is 0 Å². The van der Waals surface area contributed by atoms with Gasteiger partial charge in [0.1, 0.15) is 0 Å². The van der Waals surface area contributed by atoms with Crippen LogP contribution in [0.4, 0.5) is 5.69 Å². The summed E-state index contributed by atoms with van der Waals surface area (Å²) in [6.07, 6.45) is 1.28. The molecule has 0 saturated carbocycles. The average molecular weight is 469 g/mol. The number of rotatable bonds is 11. The van der Waals surface area contributed by atoms with Crippen molar-refractivity contribution in [3.63, 3.8) is 0 Å². The topological polar surface area (TPSA) is 116 Å². The number of ether oxygens (including phenoxy) is 2. The number of benzene rings is 2. The van der Waals surface area contributed by atoms with E-state index in [9.17, 15) is 9.59 Å². The van der Waals surface area contributed by atoms with Crippen molar-refractivity contribution in [1.82, 2.24) is 14.8 Å². The number of allylic oxidation sites excluding steroid dienone is 1. The van der Waals surface area contributed by atoms with Gasteiger partial charge in [0.25, 0.3) is 0 Å². The lowest BCUT2D eigenvalue weighted by molar-refractivity contribution is -0.113. The van der Waals surface area contributed by atoms with Crippen LogP contribution in [0.3, 0.4) is 0 Å². The van der Waals surface area contributed by atoms with Gasteiger partial charge in [-0.3, -0.25) is 9.36 Å². The summed E-state index contributed by atoms with van der Waals surface area (Å²) >= 11 is 1.21. The first-order chi connectivity index (χ1) is 15.9. The molecule has 1 unspecified atom stereocenters. The van der Waals surface area contributed by atoms with Gasteiger partial charge < -0.3 is 19.9 Å². The molecule has 1 atom stereocenters. The van der Waals surface area contributed by atoms with Crippen LogP contribution in [0, 0.1) is 0 Å². The van der Waals surface area contributed by atoms with E-state index < -0.39 is 12.1 Å². The Morgan fingerprint density at radius 1 is 1.21 bits per heavy atom. The van der Waals surface area contributed by atoms with Crippen molar-refractivity contribution in [2.24, 2.45) is 0 Å². The quantitative estimate of drug-likeness (QED) is 0.320. The van der Waals surface area contributed by atoms with E-state index in [-0.39, 0.29) is 17.2 Å². The Balaban J connectivity index is 1.68. The first-order valence-corrected chi connectivity index (χ1v) is 11.0. The highest BCUT2D eigenvalue weighted by atomic mass is 32.2. The van der Waals surface area contributed by atoms with Crippen molar-refractivity contribution in [1.29, 1.82) is 0 Å². The molecule has 0 fully saturated rings. The molecule has 0 spiro atoms. The van der Waals surface area contributed by atoms with E-state index in [0.29, 0.717) is 34.7 Å². The van der Waals surface area contributed by atoms with Gasteiger partial charge in [-0.05, 0) is 37.3 Å². The van der Waals surface area contributed by atoms with Gasteiger partial charge in [0, 0.05) is 12.2 Å². The summed E-state index contributed by atoms with van der Waals surface area (Å²) in [5, 5.41) is 20.8. The lowest BCUT2D eigenvalue weighted by Crippen LogP contribution is -2.16. The zero-order valence-electron chi connectivity index (χ0n) is 18.2. The Morgan fingerprint density at radius 2 is 1.97 bits per heavy atom. The standard InChI is InChI=1S/C23H24N4O5S/c1-4-12-27-21(15(2)32-19-11-6-5-10-18(19)31-3)25-26-23(27)33-14-20(28)24-17-9-7-8-16(13-17)22(29)30/h4-11,13,15H,1,12,14H2,2-3H3,(H,24,28)(H,29,30). The molecule has 0 saturated heterocycles. The largest absolute Gasteiger partial charge is 0.493 e. The van der Waals surface area contributed by atoms with E-state index in [4.69, 9.17) is 14.6 Å². The molecular weight excluding hydrogens is 444 g/mol. The number of methoxy groups -OCH3 is 1. The molecule has 10 heteroatoms. The first kappa shape index (κ1) is 23.9. The number of hydrogen-bond donors (Lipinski definition) is 2. The molecular formula is C23H24N4O5S. The molecule has 9 nitrogen and oxygen atoms in total. The number of hydrogen-bond acceptors (Lipinski definition) is 7. The number of anilines is 1. The lowest BCUT2D eigenvalue weighted by Gasteiger charge is -2.17. The second-order valence-electron chi connectivity index (χ2n) is 6.87. The van der Waals surface area contributed by atoms with Crippen LogP contribution in [0.5, 0.6) is 11.5 Å². The summed E-state index contributed by atoms with van der Waals surface area (Å²) in [7, 11) is 1.57. The first-order valence-electron chi connectivity index (χ1n) is 10.0. The van der Waals surface area contributed by atoms with Crippen LogP contribution in [0.2, 0.25) is 0 Å². The average Bonchev–Trinajstić information content (AvgIpc) is 3.21. The third-order valence-corrected chi connectivity index (χ3v) is 5.49. The van der Waals surface area contributed by atoms with E-state index in [1.54, 1.807) is 25.3 Å². The Bertz CT molecular complexity index is 1150. The fraction of sp³-hybridized carbons (Fsp3) is 0.217. The van der Waals surface area contributed by atoms with Crippen molar-refractivity contribution < 1.29 is 24.2 Å². The number of carbonyl (C=O) groups is 2. The Labute approximate surface area is 195 Å². The summed E-state index contributed by atoms with van der Waals surface area (Å²) < 4.78 is 13.2. The number of amides is 1. The minimum Gasteiger partial charge on any atom is -0.493 e. The SMILES string of the molecule is C=CCn1c(SCC(=O)Nc2cccc(C(=O)O)c2)nnc1C(C)Oc1ccccc1OC. The molecule has 2 aromatic carbocycles. The van der Waals surface area contributed by atoms with Crippen LogP contribution in [-0.4, -0.2) is 44.6 Å². The Kier molecular flexibility index (Phi) is 8.09. The molecule has 33 heavy (non-hydrogen) atoms. The number of carbonyl (C=O) groups excluding carboxylic acids is 1. The molecule has 1 heterocycles. The molecule has 1 amide bonds. The highest BCUT2D eigenvalue weighted by Crippen LogP contribution is 2.31. The number of para-hydroxylation sites is 2. The summed E-state index contributed by atoms with van der Waals surface area (Å²) in [6.45, 7) is 6.08. The van der Waals surface area contributed by atoms with Gasteiger partial charge in [-0.25, -0.2) is 4.79 Å². The molecule has 0 aliphatic heterocycles. The third-order valence-electron chi connectivity index (χ3n) is 4.52. The maximum absolute atomic E-state index is 12.4. The van der Waals surface area contributed by atoms with Crippen LogP contribution in [0.25, 0.3) is 0 Å². The van der Waals surface area contributed by atoms with Crippen molar-refractivity contribution in [2.45, 2.75) is 24.7 Å². The molecule has 2 N–H and O–H groups in total. The number of nitrogens with one attached hydrogen (secondary N) is 1. The third kappa shape index (κ3) is 6.13. The lowest BCUT2D eigenvalue weighted by atomic mass is 10.2. The van der Waals surface area contributed by atoms with Gasteiger partial charge >= 0.3 is 5.97 Å². The van der Waals surface area contributed by atoms with Gasteiger partial charge in [0.05, 0.1) is 18.4 Å². The zero-order valence-corrected chi connectivity index (χ0v) is 19.0. The molecule has 172 valence electrons. The monoisotopic (exact) mass is 468 g/mol. The number of carboxylic acids is 1. The van der Waals surface area contributed by atoms with Crippen LogP contribution >= 0.6 is 11.8 Å². The van der Waals surface area contributed by atoms with Gasteiger partial charge in [0.2, 0.25) is 5.91 Å². The zero-order chi connectivity index (χ0) is 23.8. The number of carboxylic acid groups (broad SMARTS) is 1. The molecule has 3 rings (SSSR count). The second-order valence-corrected chi connectivity index (χ2v) is 7.82. The van der Waals surface area contributed by atoms with E-state index in [1.165, 1.54) is 23.9 Å². The molecule has 0 aliphatic rings. The Morgan fingerprint density at radius 3 is 2.67 bits per heavy atom. The van der Waals surface area contributed by atoms with Gasteiger partial charge in [-0.1, -0.05) is 36.0 Å². The summed E-state index contributed by atoms with van der Waals surface area (Å²) in [5.41, 5.74) is 0.507. The predicted octanol–water partition coefficient (Wildman–Crippen LogP) is 4.04. The second kappa shape index (κ2) is 11.2. The highest BCUT2D eigenvalue weighted by molar-refractivity contribution is 7.99. The minimum absolute atomic E-state index is 0.0638. The van der Waals surface area contributed by atoms with Crippen LogP contribution in [0.15, 0.2) is 66.3 Å². The maximum atomic E-state index is 12.4. The highest BCUT2D eigenvalue weighted by Gasteiger charge is 2.21. The normalized spacial score (nSPS) is 11.5. The van der Waals surface area contributed by atoms with Crippen molar-refractivity contribution in [2.75, 3.05) is 18.2 Å². The van der Waals surface area contributed by atoms with E-state index in [1.807, 2.05) is 35.8 Å².